The Morgan fingerprint density at radius 2 is 2.00 bits per heavy atom. The molecule has 0 radical (unpaired) electrons. The van der Waals surface area contributed by atoms with Crippen molar-refractivity contribution in [1.82, 2.24) is 5.32 Å². The van der Waals surface area contributed by atoms with Crippen molar-refractivity contribution in [3.05, 3.63) is 0 Å². The Labute approximate surface area is 70.5 Å². The maximum absolute atomic E-state index is 5.65. The Balaban J connectivity index is 3.76. The molecule has 2 heteroatoms. The molecular formula is C9H22N2. The summed E-state index contributed by atoms with van der Waals surface area (Å²) in [4.78, 5) is 0. The lowest BCUT2D eigenvalue weighted by atomic mass is 9.94. The van der Waals surface area contributed by atoms with Gasteiger partial charge in [-0.05, 0) is 25.9 Å². The molecular weight excluding hydrogens is 136 g/mol. The Hall–Kier alpha value is -0.0800. The molecule has 0 amide bonds. The Morgan fingerprint density at radius 1 is 1.36 bits per heavy atom. The molecule has 0 aromatic rings. The van der Waals surface area contributed by atoms with Gasteiger partial charge in [-0.2, -0.15) is 0 Å². The highest BCUT2D eigenvalue weighted by Gasteiger charge is 2.14. The number of rotatable bonds is 6. The van der Waals surface area contributed by atoms with Crippen LogP contribution in [0.3, 0.4) is 0 Å². The van der Waals surface area contributed by atoms with E-state index in [1.807, 2.05) is 7.05 Å². The van der Waals surface area contributed by atoms with Gasteiger partial charge in [0.1, 0.15) is 0 Å². The first-order chi connectivity index (χ1) is 5.29. The van der Waals surface area contributed by atoms with Gasteiger partial charge in [-0.3, -0.25) is 0 Å². The van der Waals surface area contributed by atoms with E-state index in [-0.39, 0.29) is 0 Å². The highest BCUT2D eigenvalue weighted by Crippen LogP contribution is 2.11. The normalized spacial score (nSPS) is 16.4. The second-order valence-corrected chi connectivity index (χ2v) is 3.09. The summed E-state index contributed by atoms with van der Waals surface area (Å²) >= 11 is 0. The zero-order valence-electron chi connectivity index (χ0n) is 8.06. The van der Waals surface area contributed by atoms with Crippen LogP contribution < -0.4 is 11.1 Å². The molecule has 0 saturated carbocycles. The third-order valence-corrected chi connectivity index (χ3v) is 2.37. The van der Waals surface area contributed by atoms with Gasteiger partial charge in [0.2, 0.25) is 0 Å². The van der Waals surface area contributed by atoms with E-state index in [0.29, 0.717) is 12.0 Å². The van der Waals surface area contributed by atoms with Gasteiger partial charge in [0.15, 0.2) is 0 Å². The van der Waals surface area contributed by atoms with Gasteiger partial charge in [-0.15, -0.1) is 0 Å². The van der Waals surface area contributed by atoms with Crippen LogP contribution in [0, 0.1) is 5.92 Å². The van der Waals surface area contributed by atoms with Crippen LogP contribution in [-0.4, -0.2) is 19.6 Å². The molecule has 0 aromatic heterocycles. The molecule has 0 aliphatic heterocycles. The van der Waals surface area contributed by atoms with Gasteiger partial charge < -0.3 is 11.1 Å². The van der Waals surface area contributed by atoms with Crippen molar-refractivity contribution in [1.29, 1.82) is 0 Å². The molecule has 0 saturated heterocycles. The van der Waals surface area contributed by atoms with E-state index in [2.05, 4.69) is 19.2 Å². The summed E-state index contributed by atoms with van der Waals surface area (Å²) in [6, 6.07) is 0.620. The molecule has 2 atom stereocenters. The smallest absolute Gasteiger partial charge is 0.0104 e. The molecule has 0 fully saturated rings. The number of nitrogens with two attached hydrogens (primary N) is 1. The van der Waals surface area contributed by atoms with Gasteiger partial charge in [0.25, 0.3) is 0 Å². The summed E-state index contributed by atoms with van der Waals surface area (Å²) in [5, 5.41) is 3.32. The van der Waals surface area contributed by atoms with Crippen LogP contribution in [0.2, 0.25) is 0 Å². The second kappa shape index (κ2) is 6.62. The lowest BCUT2D eigenvalue weighted by molar-refractivity contribution is 0.348. The van der Waals surface area contributed by atoms with Crippen molar-refractivity contribution in [2.45, 2.75) is 39.2 Å². The van der Waals surface area contributed by atoms with Crippen LogP contribution in [0.25, 0.3) is 0 Å². The van der Waals surface area contributed by atoms with E-state index in [4.69, 9.17) is 5.73 Å². The molecule has 2 nitrogen and oxygen atoms in total. The topological polar surface area (TPSA) is 38.0 Å². The molecule has 0 rings (SSSR count). The van der Waals surface area contributed by atoms with E-state index < -0.39 is 0 Å². The van der Waals surface area contributed by atoms with Crippen LogP contribution in [0.4, 0.5) is 0 Å². The molecule has 0 aromatic carbocycles. The minimum Gasteiger partial charge on any atom is -0.330 e. The van der Waals surface area contributed by atoms with Crippen molar-refractivity contribution in [3.8, 4) is 0 Å². The lowest BCUT2D eigenvalue weighted by Gasteiger charge is -2.23. The van der Waals surface area contributed by atoms with Gasteiger partial charge in [-0.1, -0.05) is 26.7 Å². The molecule has 68 valence electrons. The zero-order valence-corrected chi connectivity index (χ0v) is 8.06. The first kappa shape index (κ1) is 10.9. The molecule has 0 aliphatic rings. The minimum absolute atomic E-state index is 0.620. The molecule has 11 heavy (non-hydrogen) atoms. The molecule has 0 unspecified atom stereocenters. The maximum Gasteiger partial charge on any atom is 0.0104 e. The summed E-state index contributed by atoms with van der Waals surface area (Å²) in [5.41, 5.74) is 5.65. The standard InChI is InChI=1S/C9H22N2/c1-4-6-9(11-3)8(5-2)7-10/h8-9,11H,4-7,10H2,1-3H3/t8-,9+/m1/s1. The first-order valence-corrected chi connectivity index (χ1v) is 4.67. The molecule has 0 aliphatic carbocycles. The largest absolute Gasteiger partial charge is 0.330 e. The van der Waals surface area contributed by atoms with Gasteiger partial charge in [0, 0.05) is 6.04 Å². The third-order valence-electron chi connectivity index (χ3n) is 2.37. The predicted octanol–water partition coefficient (Wildman–Crippen LogP) is 1.36. The van der Waals surface area contributed by atoms with Crippen molar-refractivity contribution < 1.29 is 0 Å². The van der Waals surface area contributed by atoms with Crippen molar-refractivity contribution in [3.63, 3.8) is 0 Å². The fraction of sp³-hybridized carbons (Fsp3) is 1.00. The summed E-state index contributed by atoms with van der Waals surface area (Å²) < 4.78 is 0. The molecule has 3 N–H and O–H groups in total. The third kappa shape index (κ3) is 3.73. The average Bonchev–Trinajstić information content (AvgIpc) is 2.05. The van der Waals surface area contributed by atoms with Crippen LogP contribution in [0.1, 0.15) is 33.1 Å². The fourth-order valence-corrected chi connectivity index (χ4v) is 1.54. The Morgan fingerprint density at radius 3 is 2.27 bits per heavy atom. The zero-order chi connectivity index (χ0) is 8.69. The number of hydrogen-bond acceptors (Lipinski definition) is 2. The van der Waals surface area contributed by atoms with Crippen molar-refractivity contribution in [2.24, 2.45) is 11.7 Å². The van der Waals surface area contributed by atoms with E-state index in [1.54, 1.807) is 0 Å². The fourth-order valence-electron chi connectivity index (χ4n) is 1.54. The highest BCUT2D eigenvalue weighted by atomic mass is 14.9. The molecule has 0 heterocycles. The lowest BCUT2D eigenvalue weighted by Crippen LogP contribution is -2.37. The van der Waals surface area contributed by atoms with E-state index in [9.17, 15) is 0 Å². The maximum atomic E-state index is 5.65. The second-order valence-electron chi connectivity index (χ2n) is 3.09. The minimum atomic E-state index is 0.620. The van der Waals surface area contributed by atoms with E-state index in [1.165, 1.54) is 19.3 Å². The van der Waals surface area contributed by atoms with Gasteiger partial charge >= 0.3 is 0 Å². The monoisotopic (exact) mass is 158 g/mol. The quantitative estimate of drug-likeness (QED) is 0.612. The van der Waals surface area contributed by atoms with Crippen LogP contribution in [-0.2, 0) is 0 Å². The van der Waals surface area contributed by atoms with Gasteiger partial charge in [0.05, 0.1) is 0 Å². The molecule has 0 bridgehead atoms. The van der Waals surface area contributed by atoms with E-state index in [0.717, 1.165) is 6.54 Å². The van der Waals surface area contributed by atoms with Crippen LogP contribution in [0.5, 0.6) is 0 Å². The van der Waals surface area contributed by atoms with Gasteiger partial charge in [-0.25, -0.2) is 0 Å². The Kier molecular flexibility index (Phi) is 6.57. The number of nitrogens with one attached hydrogen (secondary N) is 1. The van der Waals surface area contributed by atoms with Crippen molar-refractivity contribution >= 4 is 0 Å². The summed E-state index contributed by atoms with van der Waals surface area (Å²) in [7, 11) is 2.03. The highest BCUT2D eigenvalue weighted by molar-refractivity contribution is 4.74. The predicted molar refractivity (Wildman–Crippen MR) is 50.6 cm³/mol. The van der Waals surface area contributed by atoms with Crippen LogP contribution in [0.15, 0.2) is 0 Å². The first-order valence-electron chi connectivity index (χ1n) is 4.67. The van der Waals surface area contributed by atoms with E-state index >= 15 is 0 Å². The summed E-state index contributed by atoms with van der Waals surface area (Å²) in [5.74, 6) is 0.653. The SMILES string of the molecule is CCC[C@H](NC)[C@H](CC)CN. The average molecular weight is 158 g/mol. The number of hydrogen-bond donors (Lipinski definition) is 2. The summed E-state index contributed by atoms with van der Waals surface area (Å²) in [6.45, 7) is 5.23. The van der Waals surface area contributed by atoms with Crippen LogP contribution >= 0.6 is 0 Å². The Bertz CT molecular complexity index is 79.6. The van der Waals surface area contributed by atoms with Crippen molar-refractivity contribution in [2.75, 3.05) is 13.6 Å². The molecule has 0 spiro atoms. The summed E-state index contributed by atoms with van der Waals surface area (Å²) in [6.07, 6.45) is 3.66.